The van der Waals surface area contributed by atoms with Gasteiger partial charge in [-0.3, -0.25) is 0 Å². The van der Waals surface area contributed by atoms with Crippen LogP contribution in [0.4, 0.5) is 0 Å². The first-order valence-electron chi connectivity index (χ1n) is 5.92. The van der Waals surface area contributed by atoms with Crippen LogP contribution in [0.3, 0.4) is 0 Å². The third-order valence-corrected chi connectivity index (χ3v) is 3.62. The molecule has 1 aromatic carbocycles. The van der Waals surface area contributed by atoms with Crippen molar-refractivity contribution in [3.8, 4) is 10.6 Å². The predicted molar refractivity (Wildman–Crippen MR) is 76.4 cm³/mol. The van der Waals surface area contributed by atoms with Crippen molar-refractivity contribution in [3.63, 3.8) is 0 Å². The molecule has 0 aliphatic heterocycles. The number of aromatic nitrogens is 1. The molecule has 0 saturated carbocycles. The van der Waals surface area contributed by atoms with Gasteiger partial charge in [0.2, 0.25) is 0 Å². The van der Waals surface area contributed by atoms with E-state index in [1.165, 1.54) is 21.6 Å². The van der Waals surface area contributed by atoms with Gasteiger partial charge in [-0.1, -0.05) is 32.1 Å². The van der Waals surface area contributed by atoms with E-state index in [9.17, 15) is 0 Å². The number of aryl methyl sites for hydroxylation is 2. The molecule has 2 heteroatoms. The summed E-state index contributed by atoms with van der Waals surface area (Å²) in [5, 5.41) is 1.10. The summed E-state index contributed by atoms with van der Waals surface area (Å²) in [6.45, 7) is 8.15. The van der Waals surface area contributed by atoms with E-state index in [-0.39, 0.29) is 0 Å². The minimum atomic E-state index is 1.10. The van der Waals surface area contributed by atoms with Crippen LogP contribution in [-0.4, -0.2) is 4.98 Å². The lowest BCUT2D eigenvalue weighted by molar-refractivity contribution is 0.922. The molecule has 0 bridgehead atoms. The Labute approximate surface area is 107 Å². The van der Waals surface area contributed by atoms with Crippen molar-refractivity contribution in [3.05, 3.63) is 47.0 Å². The van der Waals surface area contributed by atoms with Gasteiger partial charge in [0.15, 0.2) is 0 Å². The van der Waals surface area contributed by atoms with Gasteiger partial charge in [0.1, 0.15) is 5.01 Å². The molecule has 0 fully saturated rings. The molecule has 2 rings (SSSR count). The highest BCUT2D eigenvalue weighted by molar-refractivity contribution is 7.14. The van der Waals surface area contributed by atoms with Crippen molar-refractivity contribution in [2.24, 2.45) is 0 Å². The van der Waals surface area contributed by atoms with Gasteiger partial charge in [0, 0.05) is 16.6 Å². The van der Waals surface area contributed by atoms with Gasteiger partial charge in [-0.2, -0.15) is 0 Å². The summed E-state index contributed by atoms with van der Waals surface area (Å²) < 4.78 is 0. The number of hydrogen-bond acceptors (Lipinski definition) is 2. The summed E-state index contributed by atoms with van der Waals surface area (Å²) >= 11 is 1.74. The second-order valence-corrected chi connectivity index (χ2v) is 5.43. The first-order valence-corrected chi connectivity index (χ1v) is 6.73. The Bertz CT molecular complexity index is 525. The predicted octanol–water partition coefficient (Wildman–Crippen LogP) is 4.71. The topological polar surface area (TPSA) is 12.9 Å². The lowest BCUT2D eigenvalue weighted by Gasteiger charge is -2.05. The molecule has 0 unspecified atom stereocenters. The molecular formula is C15H17NS. The van der Waals surface area contributed by atoms with E-state index in [1.54, 1.807) is 11.3 Å². The Morgan fingerprint density at radius 3 is 2.76 bits per heavy atom. The van der Waals surface area contributed by atoms with Gasteiger partial charge in [-0.25, -0.2) is 4.98 Å². The van der Waals surface area contributed by atoms with E-state index in [2.05, 4.69) is 43.6 Å². The Hall–Kier alpha value is -1.41. The van der Waals surface area contributed by atoms with Gasteiger partial charge in [-0.05, 0) is 36.6 Å². The number of rotatable bonds is 4. The molecule has 17 heavy (non-hydrogen) atoms. The average molecular weight is 243 g/mol. The summed E-state index contributed by atoms with van der Waals surface area (Å²) in [5.74, 6) is 0. The molecule has 0 atom stereocenters. The Balaban J connectivity index is 2.45. The molecular weight excluding hydrogens is 226 g/mol. The van der Waals surface area contributed by atoms with Crippen LogP contribution < -0.4 is 0 Å². The lowest BCUT2D eigenvalue weighted by Crippen LogP contribution is -1.87. The highest BCUT2D eigenvalue weighted by atomic mass is 32.1. The van der Waals surface area contributed by atoms with Crippen LogP contribution in [0.1, 0.15) is 29.3 Å². The summed E-state index contributed by atoms with van der Waals surface area (Å²) in [7, 11) is 0. The van der Waals surface area contributed by atoms with E-state index < -0.39 is 0 Å². The zero-order valence-electron chi connectivity index (χ0n) is 10.4. The third-order valence-electron chi connectivity index (χ3n) is 2.66. The fourth-order valence-corrected chi connectivity index (χ4v) is 2.63. The van der Waals surface area contributed by atoms with Gasteiger partial charge < -0.3 is 0 Å². The zero-order valence-corrected chi connectivity index (χ0v) is 11.2. The minimum Gasteiger partial charge on any atom is -0.244 e. The summed E-state index contributed by atoms with van der Waals surface area (Å²) in [5.41, 5.74) is 3.76. The van der Waals surface area contributed by atoms with Crippen LogP contribution in [-0.2, 0) is 6.42 Å². The second-order valence-electron chi connectivity index (χ2n) is 4.19. The van der Waals surface area contributed by atoms with Gasteiger partial charge >= 0.3 is 0 Å². The molecule has 88 valence electrons. The fourth-order valence-electron chi connectivity index (χ4n) is 1.88. The molecule has 0 spiro atoms. The molecule has 2 aromatic rings. The SMILES string of the molecule is C=Cc1cc(CCC)cc(-c2ncc(C)s2)c1. The van der Waals surface area contributed by atoms with Crippen LogP contribution in [0.5, 0.6) is 0 Å². The summed E-state index contributed by atoms with van der Waals surface area (Å²) in [6.07, 6.45) is 6.11. The highest BCUT2D eigenvalue weighted by Gasteiger charge is 2.05. The molecule has 1 nitrogen and oxygen atoms in total. The smallest absolute Gasteiger partial charge is 0.123 e. The normalized spacial score (nSPS) is 10.5. The van der Waals surface area contributed by atoms with Gasteiger partial charge in [0.25, 0.3) is 0 Å². The fraction of sp³-hybridized carbons (Fsp3) is 0.267. The maximum absolute atomic E-state index is 4.45. The standard InChI is InChI=1S/C15H17NS/c1-4-6-13-7-12(5-2)8-14(9-13)15-16-10-11(3)17-15/h5,7-10H,2,4,6H2,1,3H3. The van der Waals surface area contributed by atoms with Crippen molar-refractivity contribution in [2.45, 2.75) is 26.7 Å². The van der Waals surface area contributed by atoms with Crippen LogP contribution in [0, 0.1) is 6.92 Å². The second kappa shape index (κ2) is 5.28. The zero-order chi connectivity index (χ0) is 12.3. The van der Waals surface area contributed by atoms with Crippen LogP contribution in [0.25, 0.3) is 16.6 Å². The van der Waals surface area contributed by atoms with Crippen molar-refractivity contribution in [1.82, 2.24) is 4.98 Å². The monoisotopic (exact) mass is 243 g/mol. The number of thiazole rings is 1. The molecule has 0 amide bonds. The van der Waals surface area contributed by atoms with E-state index >= 15 is 0 Å². The Morgan fingerprint density at radius 1 is 1.35 bits per heavy atom. The van der Waals surface area contributed by atoms with Crippen molar-refractivity contribution < 1.29 is 0 Å². The lowest BCUT2D eigenvalue weighted by atomic mass is 10.0. The van der Waals surface area contributed by atoms with E-state index in [1.807, 2.05) is 12.3 Å². The van der Waals surface area contributed by atoms with Crippen molar-refractivity contribution in [1.29, 1.82) is 0 Å². The molecule has 1 aromatic heterocycles. The first-order chi connectivity index (χ1) is 8.22. The maximum atomic E-state index is 4.45. The minimum absolute atomic E-state index is 1.10. The highest BCUT2D eigenvalue weighted by Crippen LogP contribution is 2.27. The Morgan fingerprint density at radius 2 is 2.18 bits per heavy atom. The van der Waals surface area contributed by atoms with Crippen LogP contribution in [0.15, 0.2) is 31.0 Å². The van der Waals surface area contributed by atoms with Crippen LogP contribution in [0.2, 0.25) is 0 Å². The quantitative estimate of drug-likeness (QED) is 0.757. The van der Waals surface area contributed by atoms with E-state index in [0.29, 0.717) is 0 Å². The molecule has 0 aliphatic carbocycles. The van der Waals surface area contributed by atoms with E-state index in [4.69, 9.17) is 0 Å². The molecule has 0 radical (unpaired) electrons. The molecule has 0 N–H and O–H groups in total. The number of benzene rings is 1. The largest absolute Gasteiger partial charge is 0.244 e. The van der Waals surface area contributed by atoms with Gasteiger partial charge in [-0.15, -0.1) is 11.3 Å². The number of hydrogen-bond donors (Lipinski definition) is 0. The average Bonchev–Trinajstić information content (AvgIpc) is 2.76. The summed E-state index contributed by atoms with van der Waals surface area (Å²) in [4.78, 5) is 5.70. The van der Waals surface area contributed by atoms with Gasteiger partial charge in [0.05, 0.1) is 0 Å². The summed E-state index contributed by atoms with van der Waals surface area (Å²) in [6, 6.07) is 6.61. The van der Waals surface area contributed by atoms with Crippen LogP contribution >= 0.6 is 11.3 Å². The Kier molecular flexibility index (Phi) is 3.75. The molecule has 0 saturated heterocycles. The molecule has 1 heterocycles. The number of nitrogens with zero attached hydrogens (tertiary/aromatic N) is 1. The molecule has 0 aliphatic rings. The van der Waals surface area contributed by atoms with Crippen molar-refractivity contribution >= 4 is 17.4 Å². The van der Waals surface area contributed by atoms with Crippen molar-refractivity contribution in [2.75, 3.05) is 0 Å². The third kappa shape index (κ3) is 2.83. The van der Waals surface area contributed by atoms with E-state index in [0.717, 1.165) is 17.8 Å². The maximum Gasteiger partial charge on any atom is 0.123 e. The first kappa shape index (κ1) is 12.1.